The highest BCUT2D eigenvalue weighted by molar-refractivity contribution is 5.93. The maximum atomic E-state index is 14.1. The van der Waals surface area contributed by atoms with Gasteiger partial charge in [-0.3, -0.25) is 14.8 Å². The van der Waals surface area contributed by atoms with Crippen LogP contribution in [0.1, 0.15) is 35.3 Å². The third kappa shape index (κ3) is 3.31. The minimum atomic E-state index is -0.568. The van der Waals surface area contributed by atoms with Crippen molar-refractivity contribution in [2.75, 3.05) is 26.2 Å². The molecular formula is C17H20F2N4O. The van der Waals surface area contributed by atoms with Crippen LogP contribution in [0.3, 0.4) is 0 Å². The number of aromatic amines is 1. The fourth-order valence-electron chi connectivity index (χ4n) is 3.23. The Morgan fingerprint density at radius 1 is 1.29 bits per heavy atom. The number of benzene rings is 1. The maximum absolute atomic E-state index is 14.1. The van der Waals surface area contributed by atoms with Crippen LogP contribution < -0.4 is 0 Å². The Balaban J connectivity index is 1.67. The zero-order valence-electron chi connectivity index (χ0n) is 13.5. The van der Waals surface area contributed by atoms with Crippen LogP contribution in [0.15, 0.2) is 30.6 Å². The molecule has 1 aromatic heterocycles. The van der Waals surface area contributed by atoms with Gasteiger partial charge in [-0.25, -0.2) is 8.78 Å². The SMILES string of the molecule is CCC(c1ccc(F)cc1F)N1CCN(C(=O)c2cn[nH]c2)CC1. The number of rotatable bonds is 4. The number of piperazine rings is 1. The van der Waals surface area contributed by atoms with Crippen molar-refractivity contribution in [3.05, 3.63) is 53.4 Å². The minimum absolute atomic E-state index is 0.0515. The summed E-state index contributed by atoms with van der Waals surface area (Å²) in [4.78, 5) is 16.2. The smallest absolute Gasteiger partial charge is 0.257 e. The molecule has 3 rings (SSSR count). The van der Waals surface area contributed by atoms with E-state index < -0.39 is 11.6 Å². The molecule has 7 heteroatoms. The molecule has 0 spiro atoms. The number of H-pyrrole nitrogens is 1. The van der Waals surface area contributed by atoms with Crippen LogP contribution >= 0.6 is 0 Å². The molecule has 1 N–H and O–H groups in total. The van der Waals surface area contributed by atoms with Crippen molar-refractivity contribution >= 4 is 5.91 Å². The molecule has 1 atom stereocenters. The third-order valence-electron chi connectivity index (χ3n) is 4.50. The van der Waals surface area contributed by atoms with Crippen molar-refractivity contribution in [3.63, 3.8) is 0 Å². The van der Waals surface area contributed by atoms with Gasteiger partial charge < -0.3 is 4.90 Å². The predicted octanol–water partition coefficient (Wildman–Crippen LogP) is 2.60. The van der Waals surface area contributed by atoms with E-state index in [2.05, 4.69) is 15.1 Å². The van der Waals surface area contributed by atoms with E-state index in [4.69, 9.17) is 0 Å². The number of nitrogens with one attached hydrogen (secondary N) is 1. The number of amides is 1. The first-order valence-corrected chi connectivity index (χ1v) is 8.07. The fraction of sp³-hybridized carbons (Fsp3) is 0.412. The molecule has 0 bridgehead atoms. The number of nitrogens with zero attached hydrogens (tertiary/aromatic N) is 3. The highest BCUT2D eigenvalue weighted by Gasteiger charge is 2.28. The molecule has 1 aliphatic rings. The number of carbonyl (C=O) groups is 1. The normalized spacial score (nSPS) is 17.0. The zero-order chi connectivity index (χ0) is 17.1. The lowest BCUT2D eigenvalue weighted by molar-refractivity contribution is 0.0559. The van der Waals surface area contributed by atoms with E-state index >= 15 is 0 Å². The van der Waals surface area contributed by atoms with Crippen LogP contribution in [0.5, 0.6) is 0 Å². The average molecular weight is 334 g/mol. The van der Waals surface area contributed by atoms with Gasteiger partial charge in [0.15, 0.2) is 0 Å². The highest BCUT2D eigenvalue weighted by Crippen LogP contribution is 2.28. The van der Waals surface area contributed by atoms with Crippen LogP contribution in [0.2, 0.25) is 0 Å². The van der Waals surface area contributed by atoms with Gasteiger partial charge in [-0.05, 0) is 12.5 Å². The molecule has 24 heavy (non-hydrogen) atoms. The third-order valence-corrected chi connectivity index (χ3v) is 4.50. The molecule has 0 saturated carbocycles. The van der Waals surface area contributed by atoms with Crippen LogP contribution in [0.25, 0.3) is 0 Å². The molecule has 5 nitrogen and oxygen atoms in total. The number of aromatic nitrogens is 2. The first-order valence-electron chi connectivity index (χ1n) is 8.07. The first kappa shape index (κ1) is 16.6. The summed E-state index contributed by atoms with van der Waals surface area (Å²) in [5, 5.41) is 6.43. The van der Waals surface area contributed by atoms with Gasteiger partial charge in [0.2, 0.25) is 0 Å². The van der Waals surface area contributed by atoms with Crippen molar-refractivity contribution in [1.82, 2.24) is 20.0 Å². The van der Waals surface area contributed by atoms with Crippen molar-refractivity contribution < 1.29 is 13.6 Å². The monoisotopic (exact) mass is 334 g/mol. The van der Waals surface area contributed by atoms with Gasteiger partial charge in [0.05, 0.1) is 11.8 Å². The van der Waals surface area contributed by atoms with Crippen molar-refractivity contribution in [2.45, 2.75) is 19.4 Å². The van der Waals surface area contributed by atoms with Crippen molar-refractivity contribution in [2.24, 2.45) is 0 Å². The minimum Gasteiger partial charge on any atom is -0.336 e. The summed E-state index contributed by atoms with van der Waals surface area (Å²) in [6.07, 6.45) is 3.81. The molecule has 128 valence electrons. The number of carbonyl (C=O) groups excluding carboxylic acids is 1. The predicted molar refractivity (Wildman–Crippen MR) is 85.5 cm³/mol. The molecule has 1 amide bonds. The Morgan fingerprint density at radius 2 is 2.04 bits per heavy atom. The van der Waals surface area contributed by atoms with Crippen LogP contribution in [-0.4, -0.2) is 52.1 Å². The van der Waals surface area contributed by atoms with Gasteiger partial charge in [0, 0.05) is 50.0 Å². The van der Waals surface area contributed by atoms with Gasteiger partial charge in [-0.15, -0.1) is 0 Å². The standard InChI is InChI=1S/C17H20F2N4O/c1-2-16(14-4-3-13(18)9-15(14)19)22-5-7-23(8-6-22)17(24)12-10-20-21-11-12/h3-4,9-11,16H,2,5-8H2,1H3,(H,20,21). The van der Waals surface area contributed by atoms with Gasteiger partial charge in [0.1, 0.15) is 11.6 Å². The summed E-state index contributed by atoms with van der Waals surface area (Å²) in [7, 11) is 0. The van der Waals surface area contributed by atoms with E-state index in [0.29, 0.717) is 37.3 Å². The number of hydrogen-bond acceptors (Lipinski definition) is 3. The second-order valence-electron chi connectivity index (χ2n) is 5.91. The van der Waals surface area contributed by atoms with E-state index in [9.17, 15) is 13.6 Å². The molecule has 1 saturated heterocycles. The van der Waals surface area contributed by atoms with Crippen LogP contribution in [-0.2, 0) is 0 Å². The fourth-order valence-corrected chi connectivity index (χ4v) is 3.23. The molecule has 0 radical (unpaired) electrons. The Kier molecular flexibility index (Phi) is 4.89. The highest BCUT2D eigenvalue weighted by atomic mass is 19.1. The van der Waals surface area contributed by atoms with Gasteiger partial charge in [-0.1, -0.05) is 13.0 Å². The van der Waals surface area contributed by atoms with Gasteiger partial charge in [0.25, 0.3) is 5.91 Å². The molecule has 0 aliphatic carbocycles. The van der Waals surface area contributed by atoms with Crippen molar-refractivity contribution in [3.8, 4) is 0 Å². The molecule has 1 fully saturated rings. The summed E-state index contributed by atoms with van der Waals surface area (Å²) in [6.45, 7) is 4.43. The van der Waals surface area contributed by atoms with Crippen molar-refractivity contribution in [1.29, 1.82) is 0 Å². The lowest BCUT2D eigenvalue weighted by Gasteiger charge is -2.39. The Hall–Kier alpha value is -2.28. The summed E-state index contributed by atoms with van der Waals surface area (Å²) >= 11 is 0. The molecule has 1 aliphatic heterocycles. The first-order chi connectivity index (χ1) is 11.6. The number of halogens is 2. The summed E-state index contributed by atoms with van der Waals surface area (Å²) in [6, 6.07) is 3.62. The van der Waals surface area contributed by atoms with E-state index in [1.54, 1.807) is 11.1 Å². The van der Waals surface area contributed by atoms with E-state index in [1.165, 1.54) is 18.3 Å². The quantitative estimate of drug-likeness (QED) is 0.935. The van der Waals surface area contributed by atoms with Gasteiger partial charge >= 0.3 is 0 Å². The largest absolute Gasteiger partial charge is 0.336 e. The lowest BCUT2D eigenvalue weighted by atomic mass is 10.0. The average Bonchev–Trinajstić information content (AvgIpc) is 3.12. The summed E-state index contributed by atoms with van der Waals surface area (Å²) < 4.78 is 27.2. The molecule has 1 aromatic carbocycles. The van der Waals surface area contributed by atoms with Crippen LogP contribution in [0.4, 0.5) is 8.78 Å². The number of hydrogen-bond donors (Lipinski definition) is 1. The van der Waals surface area contributed by atoms with E-state index in [-0.39, 0.29) is 11.9 Å². The second kappa shape index (κ2) is 7.09. The molecular weight excluding hydrogens is 314 g/mol. The summed E-state index contributed by atoms with van der Waals surface area (Å²) in [5.41, 5.74) is 1.05. The molecule has 2 heterocycles. The lowest BCUT2D eigenvalue weighted by Crippen LogP contribution is -2.49. The topological polar surface area (TPSA) is 52.2 Å². The summed E-state index contributed by atoms with van der Waals surface area (Å²) in [5.74, 6) is -1.13. The van der Waals surface area contributed by atoms with E-state index in [0.717, 1.165) is 12.5 Å². The molecule has 1 unspecified atom stereocenters. The van der Waals surface area contributed by atoms with Crippen LogP contribution in [0, 0.1) is 11.6 Å². The maximum Gasteiger partial charge on any atom is 0.257 e. The van der Waals surface area contributed by atoms with Gasteiger partial charge in [-0.2, -0.15) is 5.10 Å². The Morgan fingerprint density at radius 3 is 2.62 bits per heavy atom. The van der Waals surface area contributed by atoms with E-state index in [1.807, 2.05) is 6.92 Å². The Labute approximate surface area is 139 Å². The Bertz CT molecular complexity index is 697. The zero-order valence-corrected chi connectivity index (χ0v) is 13.5. The molecule has 2 aromatic rings. The second-order valence-corrected chi connectivity index (χ2v) is 5.91.